The summed E-state index contributed by atoms with van der Waals surface area (Å²) in [5.41, 5.74) is 2.22. The summed E-state index contributed by atoms with van der Waals surface area (Å²) in [6, 6.07) is 8.24. The monoisotopic (exact) mass is 369 g/mol. The number of nitrogens with one attached hydrogen (secondary N) is 1. The smallest absolute Gasteiger partial charge is 0.265 e. The van der Waals surface area contributed by atoms with Gasteiger partial charge in [-0.3, -0.25) is 19.8 Å². The van der Waals surface area contributed by atoms with E-state index in [9.17, 15) is 9.59 Å². The van der Waals surface area contributed by atoms with E-state index in [2.05, 4.69) is 22.3 Å². The largest absolute Gasteiger partial charge is 0.372 e. The number of hydrogen-bond acceptors (Lipinski definition) is 4. The Bertz CT molecular complexity index is 760. The first kappa shape index (κ1) is 17.2. The first-order chi connectivity index (χ1) is 12.6. The van der Waals surface area contributed by atoms with Crippen LogP contribution in [0.25, 0.3) is 6.08 Å². The van der Waals surface area contributed by atoms with Gasteiger partial charge in [0.25, 0.3) is 11.8 Å². The first-order valence-electron chi connectivity index (χ1n) is 9.39. The topological polar surface area (TPSA) is 52.7 Å². The molecule has 26 heavy (non-hydrogen) atoms. The number of carbonyl (C=O) groups is 2. The highest BCUT2D eigenvalue weighted by molar-refractivity contribution is 7.80. The van der Waals surface area contributed by atoms with E-state index in [1.165, 1.54) is 31.4 Å². The van der Waals surface area contributed by atoms with Crippen LogP contribution in [0.2, 0.25) is 0 Å². The average Bonchev–Trinajstić information content (AvgIpc) is 3.46. The van der Waals surface area contributed by atoms with E-state index in [0.29, 0.717) is 0 Å². The normalized spacial score (nSPS) is 23.2. The molecule has 0 radical (unpaired) electrons. The van der Waals surface area contributed by atoms with Gasteiger partial charge in [-0.25, -0.2) is 0 Å². The summed E-state index contributed by atoms with van der Waals surface area (Å²) in [5.74, 6) is -0.689. The lowest BCUT2D eigenvalue weighted by Crippen LogP contribution is -2.54. The van der Waals surface area contributed by atoms with Crippen LogP contribution in [0.3, 0.4) is 0 Å². The second-order valence-electron chi connectivity index (χ2n) is 7.22. The minimum atomic E-state index is -0.409. The molecule has 0 aromatic heterocycles. The van der Waals surface area contributed by atoms with Crippen LogP contribution in [0, 0.1) is 0 Å². The molecule has 0 spiro atoms. The van der Waals surface area contributed by atoms with Crippen molar-refractivity contribution in [3.05, 3.63) is 35.4 Å². The fourth-order valence-electron chi connectivity index (χ4n) is 3.61. The van der Waals surface area contributed by atoms with Crippen LogP contribution in [0.15, 0.2) is 29.8 Å². The van der Waals surface area contributed by atoms with Crippen molar-refractivity contribution < 1.29 is 9.59 Å². The highest BCUT2D eigenvalue weighted by atomic mass is 32.1. The molecule has 2 aliphatic heterocycles. The number of thiocarbonyl (C=S) groups is 1. The van der Waals surface area contributed by atoms with Crippen molar-refractivity contribution in [1.82, 2.24) is 10.2 Å². The quantitative estimate of drug-likeness (QED) is 0.506. The second kappa shape index (κ2) is 7.19. The lowest BCUT2D eigenvalue weighted by molar-refractivity contribution is -0.129. The Labute approximate surface area is 159 Å². The van der Waals surface area contributed by atoms with E-state index >= 15 is 0 Å². The Hall–Kier alpha value is -2.21. The summed E-state index contributed by atoms with van der Waals surface area (Å²) < 4.78 is 0. The molecule has 1 aliphatic carbocycles. The third-order valence-corrected chi connectivity index (χ3v) is 5.52. The van der Waals surface area contributed by atoms with Crippen LogP contribution in [0.5, 0.6) is 0 Å². The average molecular weight is 369 g/mol. The zero-order valence-corrected chi connectivity index (χ0v) is 15.6. The van der Waals surface area contributed by atoms with Crippen molar-refractivity contribution in [2.45, 2.75) is 44.6 Å². The van der Waals surface area contributed by atoms with Crippen LogP contribution in [-0.2, 0) is 9.59 Å². The number of rotatable bonds is 3. The molecule has 2 heterocycles. The highest BCUT2D eigenvalue weighted by Crippen LogP contribution is 2.30. The van der Waals surface area contributed by atoms with E-state index in [1.54, 1.807) is 11.0 Å². The van der Waals surface area contributed by atoms with Crippen LogP contribution in [0.1, 0.15) is 44.1 Å². The molecule has 0 bridgehead atoms. The van der Waals surface area contributed by atoms with Crippen molar-refractivity contribution in [3.8, 4) is 0 Å². The van der Waals surface area contributed by atoms with Crippen molar-refractivity contribution in [2.24, 2.45) is 0 Å². The highest BCUT2D eigenvalue weighted by Gasteiger charge is 2.41. The summed E-state index contributed by atoms with van der Waals surface area (Å²) in [6.45, 7) is 2.18. The fraction of sp³-hybridized carbons (Fsp3) is 0.450. The van der Waals surface area contributed by atoms with E-state index in [-0.39, 0.29) is 22.6 Å². The van der Waals surface area contributed by atoms with E-state index in [4.69, 9.17) is 12.2 Å². The van der Waals surface area contributed by atoms with Crippen LogP contribution < -0.4 is 10.2 Å². The van der Waals surface area contributed by atoms with Gasteiger partial charge in [0.1, 0.15) is 5.57 Å². The summed E-state index contributed by atoms with van der Waals surface area (Å²) in [5, 5.41) is 2.88. The Morgan fingerprint density at radius 2 is 1.65 bits per heavy atom. The SMILES string of the molecule is O=C1NC(=S)N(C2CC2)C(=O)/C1=C/c1ccc(N2CCCCCC2)cc1. The van der Waals surface area contributed by atoms with Crippen molar-refractivity contribution >= 4 is 40.9 Å². The minimum absolute atomic E-state index is 0.143. The Kier molecular flexibility index (Phi) is 4.76. The number of carbonyl (C=O) groups excluding carboxylic acids is 2. The lowest BCUT2D eigenvalue weighted by Gasteiger charge is -2.28. The summed E-state index contributed by atoms with van der Waals surface area (Å²) >= 11 is 5.16. The maximum Gasteiger partial charge on any atom is 0.265 e. The lowest BCUT2D eigenvalue weighted by atomic mass is 10.1. The van der Waals surface area contributed by atoms with Gasteiger partial charge in [0, 0.05) is 24.8 Å². The van der Waals surface area contributed by atoms with Gasteiger partial charge < -0.3 is 4.90 Å². The molecule has 6 heteroatoms. The molecule has 4 rings (SSSR count). The van der Waals surface area contributed by atoms with Gasteiger partial charge in [0.15, 0.2) is 5.11 Å². The number of hydrogen-bond donors (Lipinski definition) is 1. The molecule has 3 fully saturated rings. The summed E-state index contributed by atoms with van der Waals surface area (Å²) in [7, 11) is 0. The van der Waals surface area contributed by atoms with Crippen molar-refractivity contribution in [1.29, 1.82) is 0 Å². The van der Waals surface area contributed by atoms with Crippen molar-refractivity contribution in [2.75, 3.05) is 18.0 Å². The Balaban J connectivity index is 1.54. The Morgan fingerprint density at radius 3 is 2.27 bits per heavy atom. The standard InChI is InChI=1S/C20H23N3O2S/c24-18-17(19(25)23(16-9-10-16)20(26)21-18)13-14-5-7-15(8-6-14)22-11-3-1-2-4-12-22/h5-8,13,16H,1-4,9-12H2,(H,21,24,26)/b17-13+. The molecule has 1 aromatic carbocycles. The molecular weight excluding hydrogens is 346 g/mol. The number of anilines is 1. The zero-order chi connectivity index (χ0) is 18.1. The third-order valence-electron chi connectivity index (χ3n) is 5.22. The number of amides is 2. The van der Waals surface area contributed by atoms with Crippen LogP contribution in [0.4, 0.5) is 5.69 Å². The third kappa shape index (κ3) is 3.51. The Morgan fingerprint density at radius 1 is 1.00 bits per heavy atom. The first-order valence-corrected chi connectivity index (χ1v) is 9.80. The molecule has 2 saturated heterocycles. The molecule has 2 amide bonds. The van der Waals surface area contributed by atoms with E-state index < -0.39 is 5.91 Å². The molecule has 5 nitrogen and oxygen atoms in total. The fourth-order valence-corrected chi connectivity index (χ4v) is 3.94. The number of nitrogens with zero attached hydrogens (tertiary/aromatic N) is 2. The van der Waals surface area contributed by atoms with Gasteiger partial charge in [-0.05, 0) is 61.7 Å². The predicted molar refractivity (Wildman–Crippen MR) is 106 cm³/mol. The molecule has 0 unspecified atom stereocenters. The van der Waals surface area contributed by atoms with Gasteiger partial charge in [-0.2, -0.15) is 0 Å². The van der Waals surface area contributed by atoms with Gasteiger partial charge in [-0.1, -0.05) is 25.0 Å². The van der Waals surface area contributed by atoms with E-state index in [1.807, 2.05) is 12.1 Å². The summed E-state index contributed by atoms with van der Waals surface area (Å²) in [4.78, 5) is 28.9. The molecule has 1 aromatic rings. The molecular formula is C20H23N3O2S. The molecule has 1 N–H and O–H groups in total. The molecule has 3 aliphatic rings. The maximum atomic E-state index is 12.7. The summed E-state index contributed by atoms with van der Waals surface area (Å²) in [6.07, 6.45) is 8.63. The van der Waals surface area contributed by atoms with E-state index in [0.717, 1.165) is 31.5 Å². The van der Waals surface area contributed by atoms with Crippen molar-refractivity contribution in [3.63, 3.8) is 0 Å². The second-order valence-corrected chi connectivity index (χ2v) is 7.60. The minimum Gasteiger partial charge on any atom is -0.372 e. The maximum absolute atomic E-state index is 12.7. The predicted octanol–water partition coefficient (Wildman–Crippen LogP) is 2.86. The van der Waals surface area contributed by atoms with Gasteiger partial charge in [0.2, 0.25) is 0 Å². The van der Waals surface area contributed by atoms with Crippen LogP contribution >= 0.6 is 12.2 Å². The molecule has 0 atom stereocenters. The van der Waals surface area contributed by atoms with Gasteiger partial charge in [-0.15, -0.1) is 0 Å². The molecule has 1 saturated carbocycles. The molecule has 136 valence electrons. The van der Waals surface area contributed by atoms with Gasteiger partial charge in [0.05, 0.1) is 0 Å². The zero-order valence-electron chi connectivity index (χ0n) is 14.7. The van der Waals surface area contributed by atoms with Crippen LogP contribution in [-0.4, -0.2) is 41.0 Å². The van der Waals surface area contributed by atoms with Gasteiger partial charge >= 0.3 is 0 Å². The number of benzene rings is 1.